The highest BCUT2D eigenvalue weighted by atomic mass is 32.2. The number of hydrogen-bond acceptors (Lipinski definition) is 6. The van der Waals surface area contributed by atoms with Gasteiger partial charge in [0.05, 0.1) is 4.90 Å². The standard InChI is InChI=1S/C21H22F3NO6S2/c1-14-11-17(6-9-19(14)30-12-20(26)27)32-13-15-3-2-10-25(15)33(28,29)18-7-4-16(5-8-18)31-21(22,23)24/h4-9,11,15H,2-3,10,12-13H2,1H3,(H,26,27)/t15-/m1/s1. The van der Waals surface area contributed by atoms with E-state index in [-0.39, 0.29) is 10.9 Å². The van der Waals surface area contributed by atoms with E-state index in [9.17, 15) is 26.4 Å². The monoisotopic (exact) mass is 505 g/mol. The van der Waals surface area contributed by atoms with Crippen molar-refractivity contribution in [3.8, 4) is 11.5 Å². The zero-order valence-corrected chi connectivity index (χ0v) is 19.2. The number of thioether (sulfide) groups is 1. The van der Waals surface area contributed by atoms with Crippen molar-refractivity contribution in [1.29, 1.82) is 0 Å². The molecule has 1 heterocycles. The third kappa shape index (κ3) is 6.78. The van der Waals surface area contributed by atoms with Gasteiger partial charge in [-0.1, -0.05) is 0 Å². The Balaban J connectivity index is 1.65. The van der Waals surface area contributed by atoms with Crippen LogP contribution in [0.5, 0.6) is 11.5 Å². The minimum atomic E-state index is -4.85. The number of sulfonamides is 1. The lowest BCUT2D eigenvalue weighted by Crippen LogP contribution is -2.36. The van der Waals surface area contributed by atoms with Crippen LogP contribution >= 0.6 is 11.8 Å². The number of rotatable bonds is 9. The smallest absolute Gasteiger partial charge is 0.482 e. The molecule has 7 nitrogen and oxygen atoms in total. The zero-order valence-electron chi connectivity index (χ0n) is 17.5. The first kappa shape index (κ1) is 25.2. The lowest BCUT2D eigenvalue weighted by molar-refractivity contribution is -0.274. The number of carbonyl (C=O) groups is 1. The number of aryl methyl sites for hydroxylation is 1. The third-order valence-electron chi connectivity index (χ3n) is 4.93. The van der Waals surface area contributed by atoms with Crippen LogP contribution in [0.4, 0.5) is 13.2 Å². The molecule has 2 aromatic rings. The molecule has 12 heteroatoms. The Hall–Kier alpha value is -2.44. The molecule has 0 radical (unpaired) electrons. The first-order valence-electron chi connectivity index (χ1n) is 9.91. The van der Waals surface area contributed by atoms with Crippen molar-refractivity contribution in [2.45, 2.75) is 42.0 Å². The van der Waals surface area contributed by atoms with E-state index in [1.807, 2.05) is 6.07 Å². The Labute approximate surface area is 193 Å². The predicted octanol–water partition coefficient (Wildman–Crippen LogP) is 4.30. The van der Waals surface area contributed by atoms with E-state index >= 15 is 0 Å². The number of aliphatic carboxylic acids is 1. The maximum absolute atomic E-state index is 13.1. The molecule has 0 aromatic heterocycles. The summed E-state index contributed by atoms with van der Waals surface area (Å²) >= 11 is 1.47. The fourth-order valence-electron chi connectivity index (χ4n) is 3.45. The van der Waals surface area contributed by atoms with E-state index in [0.29, 0.717) is 30.9 Å². The second-order valence-electron chi connectivity index (χ2n) is 7.35. The number of hydrogen-bond donors (Lipinski definition) is 1. The minimum absolute atomic E-state index is 0.0929. The molecular formula is C21H22F3NO6S2. The van der Waals surface area contributed by atoms with Gasteiger partial charge < -0.3 is 14.6 Å². The lowest BCUT2D eigenvalue weighted by atomic mass is 10.2. The quantitative estimate of drug-likeness (QED) is 0.508. The van der Waals surface area contributed by atoms with Gasteiger partial charge >= 0.3 is 12.3 Å². The summed E-state index contributed by atoms with van der Waals surface area (Å²) in [5.41, 5.74) is 0.762. The molecule has 0 spiro atoms. The highest BCUT2D eigenvalue weighted by molar-refractivity contribution is 7.99. The van der Waals surface area contributed by atoms with E-state index in [4.69, 9.17) is 9.84 Å². The summed E-state index contributed by atoms with van der Waals surface area (Å²) in [7, 11) is -3.88. The molecule has 1 aliphatic heterocycles. The largest absolute Gasteiger partial charge is 0.573 e. The molecule has 1 N–H and O–H groups in total. The second-order valence-corrected chi connectivity index (χ2v) is 10.3. The van der Waals surface area contributed by atoms with Crippen LogP contribution in [0.15, 0.2) is 52.3 Å². The molecule has 1 saturated heterocycles. The number of ether oxygens (including phenoxy) is 2. The Morgan fingerprint density at radius 3 is 2.52 bits per heavy atom. The van der Waals surface area contributed by atoms with E-state index in [0.717, 1.165) is 34.7 Å². The SMILES string of the molecule is Cc1cc(SC[C@H]2CCCN2S(=O)(=O)c2ccc(OC(F)(F)F)cc2)ccc1OCC(=O)O. The molecule has 0 unspecified atom stereocenters. The van der Waals surface area contributed by atoms with E-state index in [1.165, 1.54) is 16.1 Å². The summed E-state index contributed by atoms with van der Waals surface area (Å²) in [6, 6.07) is 9.21. The second kappa shape index (κ2) is 10.2. The third-order valence-corrected chi connectivity index (χ3v) is 8.03. The number of carboxylic acids is 1. The number of benzene rings is 2. The van der Waals surface area contributed by atoms with Crippen molar-refractivity contribution in [1.82, 2.24) is 4.31 Å². The van der Waals surface area contributed by atoms with Crippen molar-refractivity contribution in [2.75, 3.05) is 18.9 Å². The van der Waals surface area contributed by atoms with Gasteiger partial charge in [-0.25, -0.2) is 13.2 Å². The summed E-state index contributed by atoms with van der Waals surface area (Å²) in [6.45, 7) is 1.68. The Kier molecular flexibility index (Phi) is 7.80. The van der Waals surface area contributed by atoms with E-state index < -0.39 is 34.7 Å². The maximum Gasteiger partial charge on any atom is 0.573 e. The van der Waals surface area contributed by atoms with Gasteiger partial charge in [0.1, 0.15) is 11.5 Å². The number of alkyl halides is 3. The Morgan fingerprint density at radius 1 is 1.21 bits per heavy atom. The van der Waals surface area contributed by atoms with Crippen molar-refractivity contribution in [2.24, 2.45) is 0 Å². The van der Waals surface area contributed by atoms with Crippen LogP contribution < -0.4 is 9.47 Å². The van der Waals surface area contributed by atoms with Crippen molar-refractivity contribution >= 4 is 27.8 Å². The van der Waals surface area contributed by atoms with Gasteiger partial charge in [0.2, 0.25) is 10.0 Å². The molecule has 0 saturated carbocycles. The van der Waals surface area contributed by atoms with Crippen LogP contribution in [-0.2, 0) is 14.8 Å². The van der Waals surface area contributed by atoms with Gasteiger partial charge in [-0.2, -0.15) is 4.31 Å². The first-order chi connectivity index (χ1) is 15.5. The topological polar surface area (TPSA) is 93.1 Å². The van der Waals surface area contributed by atoms with E-state index in [2.05, 4.69) is 4.74 Å². The number of carboxylic acid groups (broad SMARTS) is 1. The lowest BCUT2D eigenvalue weighted by Gasteiger charge is -2.24. The predicted molar refractivity (Wildman–Crippen MR) is 115 cm³/mol. The van der Waals surface area contributed by atoms with Gasteiger partial charge in [0.15, 0.2) is 6.61 Å². The van der Waals surface area contributed by atoms with Gasteiger partial charge in [0, 0.05) is 23.2 Å². The molecule has 1 atom stereocenters. The molecule has 0 aliphatic carbocycles. The summed E-state index contributed by atoms with van der Waals surface area (Å²) in [6.07, 6.45) is -3.50. The van der Waals surface area contributed by atoms with E-state index in [1.54, 1.807) is 19.1 Å². The van der Waals surface area contributed by atoms with Crippen molar-refractivity contribution in [3.63, 3.8) is 0 Å². The average Bonchev–Trinajstić information content (AvgIpc) is 3.20. The number of nitrogens with zero attached hydrogens (tertiary/aromatic N) is 1. The summed E-state index contributed by atoms with van der Waals surface area (Å²) in [5, 5.41) is 8.72. The molecule has 1 fully saturated rings. The van der Waals surface area contributed by atoms with Crippen molar-refractivity contribution < 1.29 is 41.0 Å². The molecular weight excluding hydrogens is 483 g/mol. The fraction of sp³-hybridized carbons (Fsp3) is 0.381. The number of halogens is 3. The summed E-state index contributed by atoms with van der Waals surface area (Å²) < 4.78 is 73.5. The summed E-state index contributed by atoms with van der Waals surface area (Å²) in [4.78, 5) is 11.4. The molecule has 33 heavy (non-hydrogen) atoms. The highest BCUT2D eigenvalue weighted by Crippen LogP contribution is 2.33. The maximum atomic E-state index is 13.1. The van der Waals surface area contributed by atoms with Crippen LogP contribution in [0.2, 0.25) is 0 Å². The van der Waals surface area contributed by atoms with Crippen LogP contribution in [0.25, 0.3) is 0 Å². The molecule has 2 aromatic carbocycles. The van der Waals surface area contributed by atoms with Gasteiger partial charge in [-0.05, 0) is 67.8 Å². The molecule has 0 amide bonds. The molecule has 3 rings (SSSR count). The van der Waals surface area contributed by atoms with Crippen LogP contribution in [0.3, 0.4) is 0 Å². The van der Waals surface area contributed by atoms with Crippen LogP contribution in [-0.4, -0.2) is 55.1 Å². The van der Waals surface area contributed by atoms with Crippen LogP contribution in [0.1, 0.15) is 18.4 Å². The Morgan fingerprint density at radius 2 is 1.91 bits per heavy atom. The van der Waals surface area contributed by atoms with Gasteiger partial charge in [0.25, 0.3) is 0 Å². The van der Waals surface area contributed by atoms with Gasteiger partial charge in [-0.3, -0.25) is 0 Å². The fourth-order valence-corrected chi connectivity index (χ4v) is 6.39. The van der Waals surface area contributed by atoms with Gasteiger partial charge in [-0.15, -0.1) is 24.9 Å². The van der Waals surface area contributed by atoms with Crippen LogP contribution in [0, 0.1) is 6.92 Å². The molecule has 1 aliphatic rings. The molecule has 180 valence electrons. The average molecular weight is 506 g/mol. The highest BCUT2D eigenvalue weighted by Gasteiger charge is 2.36. The normalized spacial score (nSPS) is 17.2. The van der Waals surface area contributed by atoms with Crippen molar-refractivity contribution in [3.05, 3.63) is 48.0 Å². The molecule has 0 bridgehead atoms. The zero-order chi connectivity index (χ0) is 24.2. The summed E-state index contributed by atoms with van der Waals surface area (Å²) in [5.74, 6) is -0.604. The first-order valence-corrected chi connectivity index (χ1v) is 12.3. The minimum Gasteiger partial charge on any atom is -0.482 e. The Bertz CT molecular complexity index is 1090.